The second-order valence-corrected chi connectivity index (χ2v) is 5.55. The highest BCUT2D eigenvalue weighted by molar-refractivity contribution is 7.99. The first-order valence-corrected chi connectivity index (χ1v) is 5.79. The maximum absolute atomic E-state index is 8.78. The Morgan fingerprint density at radius 1 is 1.54 bits per heavy atom. The smallest absolute Gasteiger partial charge is 0.0684 e. The summed E-state index contributed by atoms with van der Waals surface area (Å²) in [7, 11) is 0. The maximum atomic E-state index is 8.78. The van der Waals surface area contributed by atoms with Crippen LogP contribution in [0.1, 0.15) is 33.6 Å². The predicted octanol–water partition coefficient (Wildman–Crippen LogP) is 2.40. The van der Waals surface area contributed by atoms with E-state index in [0.717, 1.165) is 25.1 Å². The summed E-state index contributed by atoms with van der Waals surface area (Å²) in [5.41, 5.74) is 5.28. The van der Waals surface area contributed by atoms with E-state index in [1.54, 1.807) is 0 Å². The van der Waals surface area contributed by atoms with E-state index < -0.39 is 0 Å². The number of nitrogens with zero attached hydrogens (tertiary/aromatic N) is 1. The monoisotopic (exact) mass is 200 g/mol. The van der Waals surface area contributed by atoms with Crippen LogP contribution in [0.4, 0.5) is 0 Å². The van der Waals surface area contributed by atoms with Gasteiger partial charge in [0.05, 0.1) is 11.5 Å². The van der Waals surface area contributed by atoms with Crippen LogP contribution in [0.25, 0.3) is 0 Å². The molecule has 0 aromatic carbocycles. The molecule has 0 rings (SSSR count). The van der Waals surface area contributed by atoms with Gasteiger partial charge in [0.25, 0.3) is 0 Å². The van der Waals surface area contributed by atoms with Crippen LogP contribution in [0.2, 0.25) is 0 Å². The van der Waals surface area contributed by atoms with Crippen LogP contribution in [-0.2, 0) is 0 Å². The van der Waals surface area contributed by atoms with Crippen molar-refractivity contribution in [2.45, 2.75) is 38.9 Å². The summed E-state index contributed by atoms with van der Waals surface area (Å²) in [4.78, 5) is 0. The molecule has 0 saturated carbocycles. The van der Waals surface area contributed by atoms with Crippen LogP contribution in [0.3, 0.4) is 0 Å². The lowest BCUT2D eigenvalue weighted by atomic mass is 9.93. The molecule has 0 aliphatic carbocycles. The highest BCUT2D eigenvalue weighted by Gasteiger charge is 2.16. The second kappa shape index (κ2) is 6.28. The fourth-order valence-electron chi connectivity index (χ4n) is 0.889. The zero-order chi connectivity index (χ0) is 10.3. The third-order valence-corrected chi connectivity index (χ3v) is 3.25. The summed E-state index contributed by atoms with van der Waals surface area (Å²) in [6, 6.07) is 2.31. The molecule has 2 nitrogen and oxygen atoms in total. The minimum Gasteiger partial charge on any atom is -0.330 e. The molecule has 3 heteroatoms. The van der Waals surface area contributed by atoms with E-state index in [-0.39, 0.29) is 5.41 Å². The number of hydrogen-bond acceptors (Lipinski definition) is 3. The van der Waals surface area contributed by atoms with Crippen LogP contribution in [0.15, 0.2) is 0 Å². The molecule has 0 aliphatic rings. The predicted molar refractivity (Wildman–Crippen MR) is 59.6 cm³/mol. The van der Waals surface area contributed by atoms with Crippen LogP contribution in [0.5, 0.6) is 0 Å². The zero-order valence-electron chi connectivity index (χ0n) is 8.84. The van der Waals surface area contributed by atoms with Gasteiger partial charge in [0.2, 0.25) is 0 Å². The molecule has 13 heavy (non-hydrogen) atoms. The molecule has 0 aliphatic heterocycles. The minimum atomic E-state index is -0.171. The molecule has 0 heterocycles. The quantitative estimate of drug-likeness (QED) is 0.716. The van der Waals surface area contributed by atoms with Gasteiger partial charge >= 0.3 is 0 Å². The summed E-state index contributed by atoms with van der Waals surface area (Å²) in [6.45, 7) is 6.93. The first-order chi connectivity index (χ1) is 6.02. The molecule has 0 saturated heterocycles. The van der Waals surface area contributed by atoms with Gasteiger partial charge in [0.15, 0.2) is 0 Å². The molecule has 1 unspecified atom stereocenters. The average molecular weight is 200 g/mol. The number of rotatable bonds is 6. The fourth-order valence-corrected chi connectivity index (χ4v) is 2.22. The first kappa shape index (κ1) is 12.8. The van der Waals surface area contributed by atoms with Crippen molar-refractivity contribution in [1.82, 2.24) is 0 Å². The molecular formula is C10H20N2S. The van der Waals surface area contributed by atoms with Gasteiger partial charge in [-0.15, -0.1) is 0 Å². The van der Waals surface area contributed by atoms with Crippen molar-refractivity contribution in [2.24, 2.45) is 11.1 Å². The van der Waals surface area contributed by atoms with Gasteiger partial charge < -0.3 is 5.73 Å². The molecule has 1 atom stereocenters. The lowest BCUT2D eigenvalue weighted by Crippen LogP contribution is -2.12. The Morgan fingerprint density at radius 2 is 2.15 bits per heavy atom. The molecule has 0 fully saturated rings. The number of hydrogen-bond donors (Lipinski definition) is 1. The van der Waals surface area contributed by atoms with Crippen LogP contribution in [-0.4, -0.2) is 17.5 Å². The van der Waals surface area contributed by atoms with Crippen molar-refractivity contribution in [1.29, 1.82) is 5.26 Å². The van der Waals surface area contributed by atoms with Crippen molar-refractivity contribution < 1.29 is 0 Å². The second-order valence-electron chi connectivity index (χ2n) is 4.00. The summed E-state index contributed by atoms with van der Waals surface area (Å²) in [6.07, 6.45) is 2.03. The molecule has 76 valence electrons. The van der Waals surface area contributed by atoms with E-state index in [1.807, 2.05) is 25.6 Å². The Labute approximate surface area is 85.9 Å². The van der Waals surface area contributed by atoms with Crippen molar-refractivity contribution >= 4 is 11.8 Å². The number of thioether (sulfide) groups is 1. The number of nitrogens with two attached hydrogens (primary N) is 1. The summed E-state index contributed by atoms with van der Waals surface area (Å²) >= 11 is 1.91. The summed E-state index contributed by atoms with van der Waals surface area (Å²) < 4.78 is 0. The molecule has 2 N–H and O–H groups in total. The Kier molecular flexibility index (Phi) is 6.19. The standard InChI is InChI=1S/C10H20N2S/c1-9(4-6-11)13-7-5-10(2,3)8-12/h9H,4-7,11H2,1-3H3. The van der Waals surface area contributed by atoms with Gasteiger partial charge in [0, 0.05) is 5.25 Å². The van der Waals surface area contributed by atoms with Crippen molar-refractivity contribution in [3.05, 3.63) is 0 Å². The van der Waals surface area contributed by atoms with Gasteiger partial charge in [-0.25, -0.2) is 0 Å². The minimum absolute atomic E-state index is 0.171. The highest BCUT2D eigenvalue weighted by atomic mass is 32.2. The molecule has 0 aromatic heterocycles. The Hall–Kier alpha value is -0.200. The van der Waals surface area contributed by atoms with E-state index in [2.05, 4.69) is 13.0 Å². The van der Waals surface area contributed by atoms with Gasteiger partial charge in [-0.1, -0.05) is 6.92 Å². The molecule has 0 aromatic rings. The fraction of sp³-hybridized carbons (Fsp3) is 0.900. The third kappa shape index (κ3) is 6.92. The van der Waals surface area contributed by atoms with E-state index >= 15 is 0 Å². The summed E-state index contributed by atoms with van der Waals surface area (Å²) in [5, 5.41) is 9.41. The van der Waals surface area contributed by atoms with Gasteiger partial charge in [-0.05, 0) is 39.0 Å². The molecular weight excluding hydrogens is 180 g/mol. The lowest BCUT2D eigenvalue weighted by Gasteiger charge is -2.16. The molecule has 0 radical (unpaired) electrons. The Bertz CT molecular complexity index is 172. The van der Waals surface area contributed by atoms with Crippen molar-refractivity contribution in [2.75, 3.05) is 12.3 Å². The van der Waals surface area contributed by atoms with Crippen molar-refractivity contribution in [3.63, 3.8) is 0 Å². The molecule has 0 spiro atoms. The third-order valence-electron chi connectivity index (χ3n) is 2.01. The highest BCUT2D eigenvalue weighted by Crippen LogP contribution is 2.24. The van der Waals surface area contributed by atoms with Crippen LogP contribution in [0, 0.1) is 16.7 Å². The maximum Gasteiger partial charge on any atom is 0.0684 e. The number of nitriles is 1. The molecule has 0 amide bonds. The van der Waals surface area contributed by atoms with E-state index in [4.69, 9.17) is 11.0 Å². The van der Waals surface area contributed by atoms with E-state index in [1.165, 1.54) is 0 Å². The zero-order valence-corrected chi connectivity index (χ0v) is 9.66. The van der Waals surface area contributed by atoms with Crippen LogP contribution >= 0.6 is 11.8 Å². The largest absolute Gasteiger partial charge is 0.330 e. The van der Waals surface area contributed by atoms with E-state index in [9.17, 15) is 0 Å². The van der Waals surface area contributed by atoms with Crippen molar-refractivity contribution in [3.8, 4) is 6.07 Å². The van der Waals surface area contributed by atoms with E-state index in [0.29, 0.717) is 5.25 Å². The SMILES string of the molecule is CC(CCN)SCCC(C)(C)C#N. The Morgan fingerprint density at radius 3 is 2.62 bits per heavy atom. The van der Waals surface area contributed by atoms with Gasteiger partial charge in [-0.3, -0.25) is 0 Å². The average Bonchev–Trinajstić information content (AvgIpc) is 2.05. The van der Waals surface area contributed by atoms with Crippen LogP contribution < -0.4 is 5.73 Å². The molecule has 0 bridgehead atoms. The topological polar surface area (TPSA) is 49.8 Å². The first-order valence-electron chi connectivity index (χ1n) is 4.75. The Balaban J connectivity index is 3.51. The van der Waals surface area contributed by atoms with Gasteiger partial charge in [-0.2, -0.15) is 17.0 Å². The summed E-state index contributed by atoms with van der Waals surface area (Å²) in [5.74, 6) is 1.06. The van der Waals surface area contributed by atoms with Gasteiger partial charge in [0.1, 0.15) is 0 Å². The normalized spacial score (nSPS) is 13.8. The lowest BCUT2D eigenvalue weighted by molar-refractivity contribution is 0.481.